The van der Waals surface area contributed by atoms with Gasteiger partial charge in [-0.3, -0.25) is 10.1 Å². The number of rotatable bonds is 5. The zero-order valence-electron chi connectivity index (χ0n) is 11.3. The molecule has 0 amide bonds. The van der Waals surface area contributed by atoms with Crippen molar-refractivity contribution in [3.8, 4) is 5.88 Å². The van der Waals surface area contributed by atoms with E-state index in [4.69, 9.17) is 21.1 Å². The van der Waals surface area contributed by atoms with Gasteiger partial charge in [0.05, 0.1) is 17.1 Å². The first-order valence-electron chi connectivity index (χ1n) is 5.66. The van der Waals surface area contributed by atoms with Crippen LogP contribution in [0, 0.1) is 17.0 Å². The van der Waals surface area contributed by atoms with Crippen LogP contribution in [0.15, 0.2) is 0 Å². The van der Waals surface area contributed by atoms with Gasteiger partial charge in [0.2, 0.25) is 5.28 Å². The lowest BCUT2D eigenvalue weighted by Gasteiger charge is -2.19. The molecule has 0 atom stereocenters. The van der Waals surface area contributed by atoms with E-state index in [2.05, 4.69) is 9.97 Å². The number of hydrogen-bond acceptors (Lipinski definition) is 6. The van der Waals surface area contributed by atoms with E-state index in [1.54, 1.807) is 0 Å². The summed E-state index contributed by atoms with van der Waals surface area (Å²) in [7, 11) is 0. The number of ether oxygens (including phenoxy) is 2. The zero-order valence-corrected chi connectivity index (χ0v) is 12.0. The molecule has 0 saturated heterocycles. The van der Waals surface area contributed by atoms with Gasteiger partial charge in [0.15, 0.2) is 0 Å². The summed E-state index contributed by atoms with van der Waals surface area (Å²) in [6, 6.07) is 0. The topological polar surface area (TPSA) is 87.4 Å². The van der Waals surface area contributed by atoms with Crippen LogP contribution < -0.4 is 4.74 Å². The Morgan fingerprint density at radius 2 is 1.95 bits per heavy atom. The minimum absolute atomic E-state index is 0.0881. The molecule has 0 fully saturated rings. The van der Waals surface area contributed by atoms with Crippen molar-refractivity contribution >= 4 is 17.3 Å². The zero-order chi connectivity index (χ0) is 14.6. The number of nitrogens with zero attached hydrogens (tertiary/aromatic N) is 3. The molecule has 0 aliphatic rings. The fourth-order valence-electron chi connectivity index (χ4n) is 1.30. The maximum Gasteiger partial charge on any atom is 0.352 e. The first-order valence-corrected chi connectivity index (χ1v) is 6.04. The van der Waals surface area contributed by atoms with Crippen LogP contribution >= 0.6 is 11.6 Å². The largest absolute Gasteiger partial charge is 0.470 e. The Kier molecular flexibility index (Phi) is 5.02. The van der Waals surface area contributed by atoms with Crippen molar-refractivity contribution < 1.29 is 14.4 Å². The van der Waals surface area contributed by atoms with E-state index in [1.165, 1.54) is 6.92 Å². The van der Waals surface area contributed by atoms with Gasteiger partial charge in [-0.05, 0) is 39.3 Å². The maximum absolute atomic E-state index is 10.9. The van der Waals surface area contributed by atoms with E-state index in [-0.39, 0.29) is 34.8 Å². The summed E-state index contributed by atoms with van der Waals surface area (Å²) >= 11 is 5.66. The lowest BCUT2D eigenvalue weighted by molar-refractivity contribution is -0.387. The average Bonchev–Trinajstić information content (AvgIpc) is 2.21. The fraction of sp³-hybridized carbons (Fsp3) is 0.636. The second-order valence-electron chi connectivity index (χ2n) is 4.80. The van der Waals surface area contributed by atoms with Gasteiger partial charge in [-0.2, -0.15) is 4.98 Å². The van der Waals surface area contributed by atoms with Crippen LogP contribution in [0.5, 0.6) is 5.88 Å². The number of hydrogen-bond donors (Lipinski definition) is 0. The Morgan fingerprint density at radius 3 is 2.47 bits per heavy atom. The van der Waals surface area contributed by atoms with E-state index >= 15 is 0 Å². The molecule has 106 valence electrons. The summed E-state index contributed by atoms with van der Waals surface area (Å²) in [4.78, 5) is 17.8. The van der Waals surface area contributed by atoms with Crippen LogP contribution in [0.25, 0.3) is 0 Å². The van der Waals surface area contributed by atoms with Crippen molar-refractivity contribution in [1.82, 2.24) is 9.97 Å². The second-order valence-corrected chi connectivity index (χ2v) is 5.14. The third-order valence-electron chi connectivity index (χ3n) is 2.04. The fourth-order valence-corrected chi connectivity index (χ4v) is 1.51. The minimum atomic E-state index is -0.592. The Morgan fingerprint density at radius 1 is 1.32 bits per heavy atom. The van der Waals surface area contributed by atoms with Crippen molar-refractivity contribution in [2.45, 2.75) is 33.3 Å². The summed E-state index contributed by atoms with van der Waals surface area (Å²) < 4.78 is 10.7. The Labute approximate surface area is 116 Å². The molecule has 0 aliphatic carbocycles. The third kappa shape index (κ3) is 4.96. The smallest absolute Gasteiger partial charge is 0.352 e. The second kappa shape index (κ2) is 6.12. The first-order chi connectivity index (χ1) is 8.70. The van der Waals surface area contributed by atoms with Crippen LogP contribution in [-0.4, -0.2) is 33.7 Å². The Balaban J connectivity index is 2.75. The van der Waals surface area contributed by atoms with Crippen molar-refractivity contribution in [2.75, 3.05) is 13.2 Å². The van der Waals surface area contributed by atoms with Crippen molar-refractivity contribution in [3.63, 3.8) is 0 Å². The van der Waals surface area contributed by atoms with Gasteiger partial charge in [-0.15, -0.1) is 0 Å². The molecular formula is C11H16ClN3O4. The summed E-state index contributed by atoms with van der Waals surface area (Å²) in [6.45, 7) is 7.62. The van der Waals surface area contributed by atoms with Gasteiger partial charge in [0, 0.05) is 0 Å². The molecule has 0 saturated carbocycles. The first kappa shape index (κ1) is 15.6. The average molecular weight is 290 g/mol. The van der Waals surface area contributed by atoms with Gasteiger partial charge in [0.1, 0.15) is 12.3 Å². The molecule has 0 unspecified atom stereocenters. The summed E-state index contributed by atoms with van der Waals surface area (Å²) in [6.07, 6.45) is 0. The molecular weight excluding hydrogens is 274 g/mol. The van der Waals surface area contributed by atoms with E-state index < -0.39 is 4.92 Å². The number of nitro groups is 1. The van der Waals surface area contributed by atoms with Crippen LogP contribution in [0.3, 0.4) is 0 Å². The lowest BCUT2D eigenvalue weighted by atomic mass is 10.2. The quantitative estimate of drug-likeness (QED) is 0.358. The molecule has 0 spiro atoms. The van der Waals surface area contributed by atoms with Crippen molar-refractivity contribution in [1.29, 1.82) is 0 Å². The molecule has 0 bridgehead atoms. The van der Waals surface area contributed by atoms with Crippen LogP contribution in [-0.2, 0) is 4.74 Å². The SMILES string of the molecule is Cc1nc(Cl)nc(OCCOC(C)(C)C)c1[N+](=O)[O-]. The minimum Gasteiger partial charge on any atom is -0.470 e. The van der Waals surface area contributed by atoms with Gasteiger partial charge >= 0.3 is 5.69 Å². The maximum atomic E-state index is 10.9. The predicted molar refractivity (Wildman–Crippen MR) is 69.6 cm³/mol. The molecule has 0 aliphatic heterocycles. The van der Waals surface area contributed by atoms with E-state index in [1.807, 2.05) is 20.8 Å². The van der Waals surface area contributed by atoms with Gasteiger partial charge < -0.3 is 9.47 Å². The summed E-state index contributed by atoms with van der Waals surface area (Å²) in [5.74, 6) is -0.139. The number of aromatic nitrogens is 2. The molecule has 1 rings (SSSR count). The van der Waals surface area contributed by atoms with Crippen LogP contribution in [0.2, 0.25) is 5.28 Å². The van der Waals surface area contributed by atoms with Crippen LogP contribution in [0.4, 0.5) is 5.69 Å². The molecule has 0 N–H and O–H groups in total. The van der Waals surface area contributed by atoms with Gasteiger partial charge in [-0.25, -0.2) is 4.98 Å². The Hall–Kier alpha value is -1.47. The summed E-state index contributed by atoms with van der Waals surface area (Å²) in [5, 5.41) is 10.8. The van der Waals surface area contributed by atoms with Gasteiger partial charge in [0.25, 0.3) is 5.88 Å². The number of aryl methyl sites for hydroxylation is 1. The van der Waals surface area contributed by atoms with E-state index in [0.717, 1.165) is 0 Å². The molecule has 7 nitrogen and oxygen atoms in total. The third-order valence-corrected chi connectivity index (χ3v) is 2.21. The van der Waals surface area contributed by atoms with Crippen molar-refractivity contribution in [2.24, 2.45) is 0 Å². The standard InChI is InChI=1S/C11H16ClN3O4/c1-7-8(15(16)17)9(14-10(12)13-7)18-5-6-19-11(2,3)4/h5-6H2,1-4H3. The normalized spacial score (nSPS) is 11.4. The highest BCUT2D eigenvalue weighted by molar-refractivity contribution is 6.28. The molecule has 1 aromatic heterocycles. The summed E-state index contributed by atoms with van der Waals surface area (Å²) in [5.41, 5.74) is -0.411. The molecule has 0 aromatic carbocycles. The predicted octanol–water partition coefficient (Wildman–Crippen LogP) is 2.54. The number of halogens is 1. The molecule has 1 heterocycles. The Bertz CT molecular complexity index is 474. The highest BCUT2D eigenvalue weighted by Crippen LogP contribution is 2.28. The molecule has 19 heavy (non-hydrogen) atoms. The van der Waals surface area contributed by atoms with Gasteiger partial charge in [-0.1, -0.05) is 0 Å². The van der Waals surface area contributed by atoms with E-state index in [9.17, 15) is 10.1 Å². The monoisotopic (exact) mass is 289 g/mol. The molecule has 8 heteroatoms. The van der Waals surface area contributed by atoms with E-state index in [0.29, 0.717) is 6.61 Å². The highest BCUT2D eigenvalue weighted by Gasteiger charge is 2.23. The van der Waals surface area contributed by atoms with Crippen molar-refractivity contribution in [3.05, 3.63) is 21.1 Å². The van der Waals surface area contributed by atoms with Crippen LogP contribution in [0.1, 0.15) is 26.5 Å². The molecule has 1 aromatic rings. The lowest BCUT2D eigenvalue weighted by Crippen LogP contribution is -2.22. The highest BCUT2D eigenvalue weighted by atomic mass is 35.5. The molecule has 0 radical (unpaired) electrons.